The van der Waals surface area contributed by atoms with Gasteiger partial charge in [-0.05, 0) is 32.9 Å². The molecular formula is C15H19F3N2O4. The normalized spacial score (nSPS) is 13.2. The molecule has 0 radical (unpaired) electrons. The Morgan fingerprint density at radius 3 is 2.25 bits per heavy atom. The van der Waals surface area contributed by atoms with Crippen molar-refractivity contribution in [1.29, 1.82) is 0 Å². The number of carbonyl (C=O) groups is 2. The molecule has 0 spiro atoms. The van der Waals surface area contributed by atoms with Gasteiger partial charge in [0.1, 0.15) is 11.6 Å². The number of nitrogens with two attached hydrogens (primary N) is 1. The molecule has 0 saturated heterocycles. The average molecular weight is 348 g/mol. The van der Waals surface area contributed by atoms with Gasteiger partial charge in [-0.2, -0.15) is 13.2 Å². The van der Waals surface area contributed by atoms with Crippen LogP contribution in [0.3, 0.4) is 0 Å². The highest BCUT2D eigenvalue weighted by molar-refractivity contribution is 5.88. The van der Waals surface area contributed by atoms with E-state index in [2.05, 4.69) is 10.1 Å². The summed E-state index contributed by atoms with van der Waals surface area (Å²) in [5.41, 5.74) is 3.50. The van der Waals surface area contributed by atoms with Crippen LogP contribution in [-0.4, -0.2) is 24.8 Å². The molecule has 1 aromatic rings. The molecule has 134 valence electrons. The van der Waals surface area contributed by atoms with Crippen molar-refractivity contribution in [3.63, 3.8) is 0 Å². The number of alkyl halides is 3. The summed E-state index contributed by atoms with van der Waals surface area (Å²) in [6.07, 6.45) is -5.60. The largest absolute Gasteiger partial charge is 0.468 e. The van der Waals surface area contributed by atoms with Crippen molar-refractivity contribution in [2.24, 2.45) is 5.73 Å². The zero-order chi connectivity index (χ0) is 18.7. The molecule has 0 bridgehead atoms. The number of hydrogen-bond acceptors (Lipinski definition) is 5. The Kier molecular flexibility index (Phi) is 5.83. The molecule has 0 saturated carbocycles. The minimum atomic E-state index is -4.63. The van der Waals surface area contributed by atoms with Gasteiger partial charge < -0.3 is 15.2 Å². The maximum atomic E-state index is 12.9. The average Bonchev–Trinajstić information content (AvgIpc) is 2.42. The number of carbonyl (C=O) groups excluding carboxylic acids is 2. The molecule has 1 rings (SSSR count). The lowest BCUT2D eigenvalue weighted by Crippen LogP contribution is -2.29. The Morgan fingerprint density at radius 2 is 1.79 bits per heavy atom. The smallest absolute Gasteiger partial charge is 0.416 e. The molecule has 0 aromatic heterocycles. The SMILES string of the molecule is COC(=O)C(N)c1ccc(C(F)(F)F)cc1NC(=O)OC(C)(C)C. The molecule has 1 aromatic carbocycles. The van der Waals surface area contributed by atoms with E-state index in [0.29, 0.717) is 6.07 Å². The van der Waals surface area contributed by atoms with Crippen LogP contribution in [0.1, 0.15) is 37.9 Å². The number of esters is 1. The van der Waals surface area contributed by atoms with Crippen LogP contribution in [0, 0.1) is 0 Å². The van der Waals surface area contributed by atoms with Gasteiger partial charge in [-0.15, -0.1) is 0 Å². The molecule has 0 heterocycles. The van der Waals surface area contributed by atoms with Gasteiger partial charge >= 0.3 is 18.2 Å². The van der Waals surface area contributed by atoms with Crippen LogP contribution in [-0.2, 0) is 20.4 Å². The molecule has 9 heteroatoms. The van der Waals surface area contributed by atoms with Crippen molar-refractivity contribution < 1.29 is 32.2 Å². The van der Waals surface area contributed by atoms with Crippen molar-refractivity contribution in [2.45, 2.75) is 38.6 Å². The van der Waals surface area contributed by atoms with Gasteiger partial charge in [0, 0.05) is 11.3 Å². The summed E-state index contributed by atoms with van der Waals surface area (Å²) in [5.74, 6) is -0.859. The number of methoxy groups -OCH3 is 1. The fraction of sp³-hybridized carbons (Fsp3) is 0.467. The number of rotatable bonds is 3. The topological polar surface area (TPSA) is 90.6 Å². The summed E-state index contributed by atoms with van der Waals surface area (Å²) in [7, 11) is 1.09. The fourth-order valence-electron chi connectivity index (χ4n) is 1.78. The van der Waals surface area contributed by atoms with E-state index in [1.807, 2.05) is 0 Å². The van der Waals surface area contributed by atoms with Crippen molar-refractivity contribution in [3.05, 3.63) is 29.3 Å². The first-order valence-corrected chi connectivity index (χ1v) is 6.89. The van der Waals surface area contributed by atoms with E-state index in [1.54, 1.807) is 20.8 Å². The molecule has 0 aliphatic rings. The molecule has 0 aliphatic heterocycles. The Bertz CT molecular complexity index is 624. The second kappa shape index (κ2) is 7.08. The first-order valence-electron chi connectivity index (χ1n) is 6.89. The molecule has 1 unspecified atom stereocenters. The number of ether oxygens (including phenoxy) is 2. The summed E-state index contributed by atoms with van der Waals surface area (Å²) in [6, 6.07) is 1.10. The zero-order valence-electron chi connectivity index (χ0n) is 13.7. The van der Waals surface area contributed by atoms with Crippen LogP contribution in [0.15, 0.2) is 18.2 Å². The van der Waals surface area contributed by atoms with Crippen LogP contribution in [0.5, 0.6) is 0 Å². The summed E-state index contributed by atoms with van der Waals surface area (Å²) >= 11 is 0. The molecule has 1 atom stereocenters. The number of nitrogens with one attached hydrogen (secondary N) is 1. The van der Waals surface area contributed by atoms with Crippen LogP contribution in [0.25, 0.3) is 0 Å². The number of halogens is 3. The van der Waals surface area contributed by atoms with E-state index in [1.165, 1.54) is 0 Å². The van der Waals surface area contributed by atoms with Gasteiger partial charge in [0.2, 0.25) is 0 Å². The first kappa shape index (κ1) is 19.8. The van der Waals surface area contributed by atoms with Gasteiger partial charge in [-0.3, -0.25) is 10.1 Å². The van der Waals surface area contributed by atoms with Gasteiger partial charge in [0.25, 0.3) is 0 Å². The van der Waals surface area contributed by atoms with Crippen LogP contribution < -0.4 is 11.1 Å². The minimum Gasteiger partial charge on any atom is -0.468 e. The summed E-state index contributed by atoms with van der Waals surface area (Å²) in [4.78, 5) is 23.4. The van der Waals surface area contributed by atoms with E-state index in [0.717, 1.165) is 19.2 Å². The highest BCUT2D eigenvalue weighted by Crippen LogP contribution is 2.34. The monoisotopic (exact) mass is 348 g/mol. The summed E-state index contributed by atoms with van der Waals surface area (Å²) in [6.45, 7) is 4.79. The zero-order valence-corrected chi connectivity index (χ0v) is 13.7. The van der Waals surface area contributed by atoms with Crippen LogP contribution in [0.2, 0.25) is 0 Å². The number of hydrogen-bond donors (Lipinski definition) is 2. The molecule has 3 N–H and O–H groups in total. The van der Waals surface area contributed by atoms with Crippen molar-refractivity contribution >= 4 is 17.7 Å². The standard InChI is InChI=1S/C15H19F3N2O4/c1-14(2,3)24-13(22)20-10-7-8(15(16,17)18)5-6-9(10)11(19)12(21)23-4/h5-7,11H,19H2,1-4H3,(H,20,22). The number of benzene rings is 1. The third-order valence-electron chi connectivity index (χ3n) is 2.81. The molecule has 0 fully saturated rings. The maximum Gasteiger partial charge on any atom is 0.416 e. The van der Waals surface area contributed by atoms with Crippen molar-refractivity contribution in [3.8, 4) is 0 Å². The van der Waals surface area contributed by atoms with Gasteiger partial charge in [-0.25, -0.2) is 4.79 Å². The van der Waals surface area contributed by atoms with Crippen molar-refractivity contribution in [2.75, 3.05) is 12.4 Å². The highest BCUT2D eigenvalue weighted by atomic mass is 19.4. The predicted molar refractivity (Wildman–Crippen MR) is 80.2 cm³/mol. The van der Waals surface area contributed by atoms with Crippen molar-refractivity contribution in [1.82, 2.24) is 0 Å². The Labute approximate surface area is 137 Å². The Hall–Kier alpha value is -2.29. The van der Waals surface area contributed by atoms with Crippen LogP contribution in [0.4, 0.5) is 23.7 Å². The number of amides is 1. The van der Waals surface area contributed by atoms with Gasteiger partial charge in [0.05, 0.1) is 12.7 Å². The lowest BCUT2D eigenvalue weighted by molar-refractivity contribution is -0.142. The Morgan fingerprint density at radius 1 is 1.21 bits per heavy atom. The molecule has 6 nitrogen and oxygen atoms in total. The third kappa shape index (κ3) is 5.41. The van der Waals surface area contributed by atoms with Gasteiger partial charge in [0.15, 0.2) is 0 Å². The van der Waals surface area contributed by atoms with E-state index < -0.39 is 35.4 Å². The number of anilines is 1. The first-order chi connectivity index (χ1) is 10.8. The van der Waals surface area contributed by atoms with Gasteiger partial charge in [-0.1, -0.05) is 6.07 Å². The molecular weight excluding hydrogens is 329 g/mol. The quantitative estimate of drug-likeness (QED) is 0.819. The molecule has 0 aliphatic carbocycles. The molecule has 24 heavy (non-hydrogen) atoms. The highest BCUT2D eigenvalue weighted by Gasteiger charge is 2.32. The second-order valence-electron chi connectivity index (χ2n) is 5.93. The fourth-order valence-corrected chi connectivity index (χ4v) is 1.78. The Balaban J connectivity index is 3.25. The maximum absolute atomic E-state index is 12.9. The van der Waals surface area contributed by atoms with E-state index in [9.17, 15) is 22.8 Å². The van der Waals surface area contributed by atoms with E-state index >= 15 is 0 Å². The lowest BCUT2D eigenvalue weighted by atomic mass is 10.0. The van der Waals surface area contributed by atoms with Crippen LogP contribution >= 0.6 is 0 Å². The molecule has 1 amide bonds. The summed E-state index contributed by atoms with van der Waals surface area (Å²) < 4.78 is 48.1. The second-order valence-corrected chi connectivity index (χ2v) is 5.93. The predicted octanol–water partition coefficient (Wildman–Crippen LogP) is 3.23. The summed E-state index contributed by atoms with van der Waals surface area (Å²) in [5, 5.41) is 2.19. The van der Waals surface area contributed by atoms with E-state index in [4.69, 9.17) is 10.5 Å². The minimum absolute atomic E-state index is 0.0271. The van der Waals surface area contributed by atoms with E-state index in [-0.39, 0.29) is 11.3 Å². The lowest BCUT2D eigenvalue weighted by Gasteiger charge is -2.22. The third-order valence-corrected chi connectivity index (χ3v) is 2.81.